The van der Waals surface area contributed by atoms with Crippen LogP contribution >= 0.6 is 24.0 Å². The van der Waals surface area contributed by atoms with Gasteiger partial charge in [0.05, 0.1) is 16.1 Å². The van der Waals surface area contributed by atoms with Crippen LogP contribution in [-0.4, -0.2) is 28.8 Å². The number of anilines is 2. The molecule has 0 saturated carbocycles. The number of benzene rings is 3. The fraction of sp³-hybridized carbons (Fsp3) is 0.290. The van der Waals surface area contributed by atoms with Gasteiger partial charge in [-0.2, -0.15) is 0 Å². The first kappa shape index (κ1) is 33.6. The number of halogens is 5. The first-order chi connectivity index (χ1) is 20.0. The molecule has 7 nitrogen and oxygen atoms in total. The molecular weight excluding hydrogens is 602 g/mol. The Morgan fingerprint density at radius 1 is 0.907 bits per heavy atom. The summed E-state index contributed by atoms with van der Waals surface area (Å²) in [7, 11) is 1.67. The van der Waals surface area contributed by atoms with Crippen molar-refractivity contribution in [3.05, 3.63) is 81.4 Å². The fourth-order valence-corrected chi connectivity index (χ4v) is 4.57. The van der Waals surface area contributed by atoms with Crippen molar-refractivity contribution in [1.82, 2.24) is 15.3 Å². The minimum absolute atomic E-state index is 0. The minimum atomic E-state index is -0.985. The summed E-state index contributed by atoms with van der Waals surface area (Å²) >= 11 is 6.33. The highest BCUT2D eigenvalue weighted by Gasteiger charge is 2.21. The van der Waals surface area contributed by atoms with E-state index in [9.17, 15) is 22.8 Å². The van der Waals surface area contributed by atoms with E-state index in [1.165, 1.54) is 12.1 Å². The Morgan fingerprint density at radius 2 is 1.58 bits per heavy atom. The Kier molecular flexibility index (Phi) is 11.0. The number of hydrogen-bond donors (Lipinski definition) is 3. The average molecular weight is 635 g/mol. The predicted octanol–water partition coefficient (Wildman–Crippen LogP) is 7.74. The second-order valence-corrected chi connectivity index (χ2v) is 11.2. The molecule has 0 fully saturated rings. The number of nitrogens with zero attached hydrogens (tertiary/aromatic N) is 2. The van der Waals surface area contributed by atoms with Gasteiger partial charge in [-0.15, -0.1) is 12.4 Å². The second kappa shape index (κ2) is 14.1. The molecule has 43 heavy (non-hydrogen) atoms. The van der Waals surface area contributed by atoms with E-state index in [1.807, 2.05) is 20.8 Å². The van der Waals surface area contributed by atoms with E-state index < -0.39 is 31.3 Å². The second-order valence-electron chi connectivity index (χ2n) is 10.8. The summed E-state index contributed by atoms with van der Waals surface area (Å²) in [4.78, 5) is 34.5. The van der Waals surface area contributed by atoms with Crippen LogP contribution in [0, 0.1) is 5.41 Å². The summed E-state index contributed by atoms with van der Waals surface area (Å²) in [5.41, 5.74) is 1.65. The molecule has 4 rings (SSSR count). The molecule has 2 amide bonds. The third-order valence-corrected chi connectivity index (χ3v) is 7.05. The van der Waals surface area contributed by atoms with Gasteiger partial charge in [0.15, 0.2) is 5.82 Å². The van der Waals surface area contributed by atoms with E-state index in [2.05, 4.69) is 25.9 Å². The highest BCUT2D eigenvalue weighted by molar-refractivity contribution is 6.34. The number of hydrogen-bond acceptors (Lipinski definition) is 5. The van der Waals surface area contributed by atoms with E-state index in [4.69, 9.17) is 11.6 Å². The molecule has 0 aliphatic heterocycles. The first-order valence-electron chi connectivity index (χ1n) is 13.2. The summed E-state index contributed by atoms with van der Waals surface area (Å²) in [5, 5.41) is 9.55. The first-order valence-corrected chi connectivity index (χ1v) is 13.6. The smallest absolute Gasteiger partial charge is 0.257 e. The van der Waals surface area contributed by atoms with Crippen molar-refractivity contribution in [2.75, 3.05) is 17.7 Å². The van der Waals surface area contributed by atoms with Gasteiger partial charge < -0.3 is 16.0 Å². The van der Waals surface area contributed by atoms with Gasteiger partial charge in [-0.25, -0.2) is 23.1 Å². The molecule has 4 aromatic rings. The molecule has 0 spiro atoms. The Hall–Kier alpha value is -3.89. The molecular formula is C31H32Cl2F3N5O2. The van der Waals surface area contributed by atoms with Crippen LogP contribution < -0.4 is 16.0 Å². The minimum Gasteiger partial charge on any atom is -0.373 e. The number of amides is 2. The van der Waals surface area contributed by atoms with Crippen LogP contribution in [0.2, 0.25) is 5.02 Å². The van der Waals surface area contributed by atoms with Crippen molar-refractivity contribution in [2.24, 2.45) is 5.41 Å². The van der Waals surface area contributed by atoms with E-state index in [0.717, 1.165) is 0 Å². The van der Waals surface area contributed by atoms with Gasteiger partial charge in [-0.05, 0) is 64.7 Å². The van der Waals surface area contributed by atoms with Gasteiger partial charge in [0.1, 0.15) is 25.8 Å². The lowest BCUT2D eigenvalue weighted by Crippen LogP contribution is -2.34. The molecule has 0 saturated heterocycles. The lowest BCUT2D eigenvalue weighted by molar-refractivity contribution is -0.128. The summed E-state index contributed by atoms with van der Waals surface area (Å²) in [5.74, 6) is 0.0489. The topological polar surface area (TPSA) is 96.0 Å². The lowest BCUT2D eigenvalue weighted by Gasteiger charge is -2.18. The highest BCUT2D eigenvalue weighted by atomic mass is 35.5. The number of carbonyl (C=O) groups excluding carboxylic acids is 2. The fourth-order valence-electron chi connectivity index (χ4n) is 4.37. The Labute approximate surface area is 259 Å². The zero-order valence-corrected chi connectivity index (χ0v) is 25.7. The molecule has 1 heterocycles. The molecule has 0 radical (unpaired) electrons. The van der Waals surface area contributed by atoms with E-state index in [0.29, 0.717) is 33.5 Å². The van der Waals surface area contributed by atoms with E-state index >= 15 is 0 Å². The third-order valence-electron chi connectivity index (χ3n) is 6.72. The van der Waals surface area contributed by atoms with Crippen LogP contribution in [-0.2, 0) is 31.4 Å². The quantitative estimate of drug-likeness (QED) is 0.175. The van der Waals surface area contributed by atoms with Crippen LogP contribution in [0.5, 0.6) is 0 Å². The molecule has 1 aromatic heterocycles. The van der Waals surface area contributed by atoms with Crippen molar-refractivity contribution >= 4 is 58.2 Å². The maximum absolute atomic E-state index is 13.7. The molecule has 0 unspecified atom stereocenters. The van der Waals surface area contributed by atoms with Crippen molar-refractivity contribution < 1.29 is 22.8 Å². The number of rotatable bonds is 9. The van der Waals surface area contributed by atoms with Crippen LogP contribution in [0.25, 0.3) is 22.3 Å². The number of aromatic nitrogens is 2. The Balaban J connectivity index is 0.00000506. The van der Waals surface area contributed by atoms with Gasteiger partial charge in [-0.3, -0.25) is 9.59 Å². The summed E-state index contributed by atoms with van der Waals surface area (Å²) < 4.78 is 40.8. The molecule has 3 aromatic carbocycles. The van der Waals surface area contributed by atoms with Crippen molar-refractivity contribution in [3.8, 4) is 11.4 Å². The molecule has 0 atom stereocenters. The summed E-state index contributed by atoms with van der Waals surface area (Å²) in [6.07, 6.45) is 0. The highest BCUT2D eigenvalue weighted by Crippen LogP contribution is 2.31. The maximum Gasteiger partial charge on any atom is 0.257 e. The SMILES string of the molecule is CNc1nc(-c2cc(CF)c(CF)c(CF)c2)nc2cc(NC(=O)c3cc(CNC(=O)C(C)(C)C)ccc3Cl)ccc12.Cl. The number of nitrogens with one attached hydrogen (secondary N) is 3. The number of alkyl halides is 3. The van der Waals surface area contributed by atoms with Crippen molar-refractivity contribution in [2.45, 2.75) is 47.3 Å². The van der Waals surface area contributed by atoms with Crippen LogP contribution in [0.3, 0.4) is 0 Å². The predicted molar refractivity (Wildman–Crippen MR) is 167 cm³/mol. The van der Waals surface area contributed by atoms with Gasteiger partial charge in [0.2, 0.25) is 5.91 Å². The summed E-state index contributed by atoms with van der Waals surface area (Å²) in [6.45, 7) is 2.75. The van der Waals surface area contributed by atoms with Crippen LogP contribution in [0.1, 0.15) is 53.4 Å². The number of carbonyl (C=O) groups is 2. The average Bonchev–Trinajstić information content (AvgIpc) is 2.98. The zero-order valence-electron chi connectivity index (χ0n) is 24.1. The Bertz CT molecular complexity index is 1640. The monoisotopic (exact) mass is 633 g/mol. The summed E-state index contributed by atoms with van der Waals surface area (Å²) in [6, 6.07) is 12.8. The van der Waals surface area contributed by atoms with Gasteiger partial charge >= 0.3 is 0 Å². The maximum atomic E-state index is 13.7. The molecule has 0 bridgehead atoms. The van der Waals surface area contributed by atoms with Crippen molar-refractivity contribution in [1.29, 1.82) is 0 Å². The van der Waals surface area contributed by atoms with Crippen LogP contribution in [0.15, 0.2) is 48.5 Å². The van der Waals surface area contributed by atoms with Gasteiger partial charge in [-0.1, -0.05) is 38.4 Å². The van der Waals surface area contributed by atoms with Crippen LogP contribution in [0.4, 0.5) is 24.7 Å². The van der Waals surface area contributed by atoms with E-state index in [1.54, 1.807) is 43.4 Å². The van der Waals surface area contributed by atoms with E-state index in [-0.39, 0.29) is 58.0 Å². The molecule has 3 N–H and O–H groups in total. The number of fused-ring (bicyclic) bond motifs is 1. The molecule has 0 aliphatic rings. The standard InChI is InChI=1S/C31H31ClF3N5O2.ClH/c1-31(2,3)30(42)37-16-17-5-8-25(32)23(9-17)29(41)38-21-6-7-22-26(12-21)39-27(40-28(22)36-4)18-10-19(13-33)24(15-35)20(11-18)14-34;/h5-12H,13-16H2,1-4H3,(H,37,42)(H,38,41)(H,36,39,40);1H. The molecule has 12 heteroatoms. The largest absolute Gasteiger partial charge is 0.373 e. The van der Waals surface area contributed by atoms with Gasteiger partial charge in [0, 0.05) is 35.6 Å². The van der Waals surface area contributed by atoms with Gasteiger partial charge in [0.25, 0.3) is 5.91 Å². The Morgan fingerprint density at radius 3 is 2.16 bits per heavy atom. The zero-order chi connectivity index (χ0) is 30.6. The molecule has 228 valence electrons. The van der Waals surface area contributed by atoms with Crippen molar-refractivity contribution in [3.63, 3.8) is 0 Å². The molecule has 0 aliphatic carbocycles. The lowest BCUT2D eigenvalue weighted by atomic mass is 9.95. The normalized spacial score (nSPS) is 11.2. The third kappa shape index (κ3) is 7.55.